The van der Waals surface area contributed by atoms with E-state index in [0.29, 0.717) is 0 Å². The standard InChI is InChI=1S/4CH3NS2.Ca.Fe/c4*2-1(3)4;;/h4*(H3,2,3,4);;/q;;;;2*+2/p-4. The summed E-state index contributed by atoms with van der Waals surface area (Å²) in [6.45, 7) is 0. The van der Waals surface area contributed by atoms with Crippen molar-refractivity contribution in [1.29, 1.82) is 0 Å². The number of hydrogen-bond acceptors (Lipinski definition) is 8. The Kier molecular flexibility index (Phi) is 64.8. The number of rotatable bonds is 0. The first kappa shape index (κ1) is 36.9. The fraction of sp³-hybridized carbons (Fsp3) is 0. The van der Waals surface area contributed by atoms with Gasteiger partial charge in [0.05, 0.1) is 0 Å². The summed E-state index contributed by atoms with van der Waals surface area (Å²) in [6.07, 6.45) is 0. The molecule has 0 aromatic rings. The first-order chi connectivity index (χ1) is 6.93. The molecule has 0 saturated carbocycles. The molecule has 8 N–H and O–H groups in total. The SMILES string of the molecule is NC(=S)[S-].NC(=S)[S-].NC(=S)[S-].NC(=S)[S-].[Ca+2].[Fe+2]. The molecule has 0 atom stereocenters. The second-order valence-electron chi connectivity index (χ2n) is 1.28. The molecule has 0 amide bonds. The Morgan fingerprint density at radius 2 is 0.556 bits per heavy atom. The van der Waals surface area contributed by atoms with Crippen LogP contribution in [-0.4, -0.2) is 55.0 Å². The molecule has 0 heterocycles. The normalized spacial score (nSPS) is 5.33. The zero-order valence-corrected chi connectivity index (χ0v) is 18.5. The molecule has 102 valence electrons. The summed E-state index contributed by atoms with van der Waals surface area (Å²) in [5.74, 6) is 0. The van der Waals surface area contributed by atoms with Crippen LogP contribution in [-0.2, 0) is 67.6 Å². The monoisotopic (exact) mass is 464 g/mol. The van der Waals surface area contributed by atoms with Crippen LogP contribution in [0.1, 0.15) is 0 Å². The molecule has 0 aromatic carbocycles. The molecule has 4 nitrogen and oxygen atoms in total. The van der Waals surface area contributed by atoms with E-state index in [2.05, 4.69) is 122 Å². The van der Waals surface area contributed by atoms with Crippen LogP contribution in [0.4, 0.5) is 0 Å². The van der Waals surface area contributed by atoms with Crippen molar-refractivity contribution in [1.82, 2.24) is 0 Å². The molecular formula is C4H8CaFeN4S8. The van der Waals surface area contributed by atoms with Gasteiger partial charge in [-0.2, -0.15) is 0 Å². The summed E-state index contributed by atoms with van der Waals surface area (Å²) in [5.41, 5.74) is 18.6. The van der Waals surface area contributed by atoms with E-state index in [-0.39, 0.29) is 72.1 Å². The molecular weight excluding hydrogens is 457 g/mol. The third-order valence-corrected chi connectivity index (χ3v) is 0. The smallest absolute Gasteiger partial charge is 0.415 e. The van der Waals surface area contributed by atoms with E-state index in [0.717, 1.165) is 0 Å². The predicted molar refractivity (Wildman–Crippen MR) is 102 cm³/mol. The third-order valence-electron chi connectivity index (χ3n) is 0. The first-order valence-electron chi connectivity index (χ1n) is 2.79. The van der Waals surface area contributed by atoms with Gasteiger partial charge in [0.15, 0.2) is 0 Å². The average Bonchev–Trinajstić information content (AvgIpc) is 1.76. The minimum atomic E-state index is 0. The Labute approximate surface area is 191 Å². The van der Waals surface area contributed by atoms with Crippen molar-refractivity contribution >= 4 is 154 Å². The molecule has 14 heteroatoms. The fourth-order valence-electron chi connectivity index (χ4n) is 0. The van der Waals surface area contributed by atoms with Gasteiger partial charge in [-0.05, 0) is 0 Å². The van der Waals surface area contributed by atoms with Crippen LogP contribution >= 0.6 is 48.9 Å². The van der Waals surface area contributed by atoms with Crippen LogP contribution in [0.15, 0.2) is 0 Å². The van der Waals surface area contributed by atoms with Gasteiger partial charge in [0.25, 0.3) is 0 Å². The maximum atomic E-state index is 4.66. The molecule has 18 heavy (non-hydrogen) atoms. The summed E-state index contributed by atoms with van der Waals surface area (Å²) >= 11 is 33.0. The summed E-state index contributed by atoms with van der Waals surface area (Å²) in [6, 6.07) is 0. The molecule has 0 aromatic heterocycles. The van der Waals surface area contributed by atoms with Crippen LogP contribution in [0.3, 0.4) is 0 Å². The second-order valence-corrected chi connectivity index (χ2v) is 5.83. The zero-order chi connectivity index (χ0) is 14.3. The fourth-order valence-corrected chi connectivity index (χ4v) is 0. The maximum Gasteiger partial charge on any atom is 2.00 e. The number of thiocarbonyl (C=S) groups is 4. The van der Waals surface area contributed by atoms with Gasteiger partial charge >= 0.3 is 54.8 Å². The van der Waals surface area contributed by atoms with Crippen molar-refractivity contribution in [2.24, 2.45) is 22.9 Å². The van der Waals surface area contributed by atoms with E-state index < -0.39 is 0 Å². The van der Waals surface area contributed by atoms with Gasteiger partial charge in [-0.1, -0.05) is 17.3 Å². The average molecular weight is 465 g/mol. The molecule has 0 saturated heterocycles. The van der Waals surface area contributed by atoms with Crippen LogP contribution in [0.5, 0.6) is 0 Å². The molecule has 0 aliphatic rings. The second kappa shape index (κ2) is 31.6. The van der Waals surface area contributed by atoms with Gasteiger partial charge in [0, 0.05) is 0 Å². The molecule has 0 rings (SSSR count). The summed E-state index contributed by atoms with van der Waals surface area (Å²) in [7, 11) is 0. The largest absolute Gasteiger partial charge is 2.00 e. The van der Waals surface area contributed by atoms with Crippen LogP contribution in [0.2, 0.25) is 0 Å². The Balaban J connectivity index is -0.0000000257. The zero-order valence-electron chi connectivity index (χ0n) is 8.64. The van der Waals surface area contributed by atoms with Gasteiger partial charge in [0.2, 0.25) is 0 Å². The molecule has 0 spiro atoms. The van der Waals surface area contributed by atoms with Gasteiger partial charge in [-0.15, -0.1) is 0 Å². The van der Waals surface area contributed by atoms with Gasteiger partial charge < -0.3 is 122 Å². The van der Waals surface area contributed by atoms with Gasteiger partial charge in [0.1, 0.15) is 0 Å². The van der Waals surface area contributed by atoms with E-state index >= 15 is 0 Å². The van der Waals surface area contributed by atoms with Gasteiger partial charge in [-0.25, -0.2) is 0 Å². The molecule has 0 fully saturated rings. The summed E-state index contributed by atoms with van der Waals surface area (Å²) < 4.78 is 0.333. The minimum Gasteiger partial charge on any atom is -0.415 e. The van der Waals surface area contributed by atoms with E-state index in [1.54, 1.807) is 0 Å². The van der Waals surface area contributed by atoms with Crippen LogP contribution in [0, 0.1) is 0 Å². The Morgan fingerprint density at radius 3 is 0.556 bits per heavy atom. The van der Waals surface area contributed by atoms with Crippen molar-refractivity contribution in [3.05, 3.63) is 0 Å². The van der Waals surface area contributed by atoms with Crippen molar-refractivity contribution < 1.29 is 17.1 Å². The van der Waals surface area contributed by atoms with Crippen molar-refractivity contribution in [2.45, 2.75) is 0 Å². The van der Waals surface area contributed by atoms with Crippen molar-refractivity contribution in [3.63, 3.8) is 0 Å². The van der Waals surface area contributed by atoms with Crippen molar-refractivity contribution in [2.75, 3.05) is 0 Å². The quantitative estimate of drug-likeness (QED) is 0.195. The Hall–Kier alpha value is 2.22. The molecule has 0 bridgehead atoms. The van der Waals surface area contributed by atoms with Crippen LogP contribution < -0.4 is 22.9 Å². The summed E-state index contributed by atoms with van der Waals surface area (Å²) in [4.78, 5) is 0. The molecule has 0 radical (unpaired) electrons. The first-order valence-corrected chi connectivity index (χ1v) is 6.05. The maximum absolute atomic E-state index is 4.66. The Bertz CT molecular complexity index is 175. The molecule has 0 unspecified atom stereocenters. The minimum absolute atomic E-state index is 0. The van der Waals surface area contributed by atoms with Crippen LogP contribution in [0.25, 0.3) is 0 Å². The van der Waals surface area contributed by atoms with E-state index in [1.165, 1.54) is 0 Å². The third kappa shape index (κ3) is 1100. The van der Waals surface area contributed by atoms with Gasteiger partial charge in [-0.3, -0.25) is 0 Å². The molecule has 0 aliphatic heterocycles. The van der Waals surface area contributed by atoms with E-state index in [1.807, 2.05) is 0 Å². The number of hydrogen-bond donors (Lipinski definition) is 4. The Morgan fingerprint density at radius 1 is 0.556 bits per heavy atom. The summed E-state index contributed by atoms with van der Waals surface area (Å²) in [5, 5.41) is 0. The van der Waals surface area contributed by atoms with E-state index in [9.17, 15) is 0 Å². The molecule has 0 aliphatic carbocycles. The number of nitrogens with two attached hydrogens (primary N) is 4. The van der Waals surface area contributed by atoms with Crippen molar-refractivity contribution in [3.8, 4) is 0 Å². The van der Waals surface area contributed by atoms with E-state index in [4.69, 9.17) is 0 Å². The topological polar surface area (TPSA) is 104 Å². The predicted octanol–water partition coefficient (Wildman–Crippen LogP) is -1.28.